The predicted molar refractivity (Wildman–Crippen MR) is 158 cm³/mol. The number of furan rings is 1. The van der Waals surface area contributed by atoms with Crippen molar-refractivity contribution in [3.8, 4) is 0 Å². The van der Waals surface area contributed by atoms with Gasteiger partial charge in [-0.15, -0.1) is 0 Å². The van der Waals surface area contributed by atoms with Crippen LogP contribution in [0, 0.1) is 29.6 Å². The molecule has 0 spiro atoms. The molecule has 2 aromatic rings. The fourth-order valence-electron chi connectivity index (χ4n) is 7.83. The summed E-state index contributed by atoms with van der Waals surface area (Å²) in [5.41, 5.74) is 1.41. The molecule has 2 saturated carbocycles. The number of rotatable bonds is 10. The highest BCUT2D eigenvalue weighted by Crippen LogP contribution is 2.42. The number of methoxy groups -OCH3 is 1. The van der Waals surface area contributed by atoms with Crippen LogP contribution in [0.3, 0.4) is 0 Å². The second-order valence-corrected chi connectivity index (χ2v) is 12.8. The molecule has 7 nitrogen and oxygen atoms in total. The topological polar surface area (TPSA) is 86.1 Å². The first-order chi connectivity index (χ1) is 20.3. The summed E-state index contributed by atoms with van der Waals surface area (Å²) >= 11 is 0. The summed E-state index contributed by atoms with van der Waals surface area (Å²) in [4.78, 5) is 42.2. The summed E-state index contributed by atoms with van der Waals surface area (Å²) in [6, 6.07) is 6.78. The monoisotopic (exact) mass is 583 g/mol. The van der Waals surface area contributed by atoms with E-state index in [1.54, 1.807) is 26.2 Å². The van der Waals surface area contributed by atoms with Gasteiger partial charge in [0.05, 0.1) is 25.4 Å². The highest BCUT2D eigenvalue weighted by molar-refractivity contribution is 5.94. The predicted octanol–water partition coefficient (Wildman–Crippen LogP) is 6.56. The van der Waals surface area contributed by atoms with Crippen molar-refractivity contribution in [1.82, 2.24) is 4.90 Å². The van der Waals surface area contributed by atoms with Gasteiger partial charge in [0.15, 0.2) is 5.78 Å². The van der Waals surface area contributed by atoms with E-state index in [0.29, 0.717) is 24.0 Å². The van der Waals surface area contributed by atoms with Gasteiger partial charge >= 0.3 is 5.97 Å². The van der Waals surface area contributed by atoms with Gasteiger partial charge in [-0.05, 0) is 112 Å². The van der Waals surface area contributed by atoms with Crippen molar-refractivity contribution in [3.05, 3.63) is 35.6 Å². The lowest BCUT2D eigenvalue weighted by molar-refractivity contribution is -0.143. The van der Waals surface area contributed by atoms with Crippen LogP contribution in [0.5, 0.6) is 0 Å². The van der Waals surface area contributed by atoms with Crippen molar-refractivity contribution in [2.75, 3.05) is 26.9 Å². The Morgan fingerprint density at radius 2 is 1.76 bits per heavy atom. The quantitative estimate of drug-likeness (QED) is 0.295. The number of carbonyl (C=O) groups excluding carboxylic acids is 3. The lowest BCUT2D eigenvalue weighted by Crippen LogP contribution is -2.48. The lowest BCUT2D eigenvalue weighted by Gasteiger charge is -2.37. The van der Waals surface area contributed by atoms with E-state index in [2.05, 4.69) is 0 Å². The number of halogens is 1. The van der Waals surface area contributed by atoms with Gasteiger partial charge in [-0.1, -0.05) is 13.0 Å². The molecule has 8 heteroatoms. The van der Waals surface area contributed by atoms with Crippen LogP contribution in [-0.4, -0.2) is 61.6 Å². The van der Waals surface area contributed by atoms with Gasteiger partial charge in [0.2, 0.25) is 11.7 Å². The zero-order chi connectivity index (χ0) is 29.8. The van der Waals surface area contributed by atoms with Crippen molar-refractivity contribution in [2.45, 2.75) is 90.2 Å². The van der Waals surface area contributed by atoms with Gasteiger partial charge in [-0.2, -0.15) is 0 Å². The van der Waals surface area contributed by atoms with E-state index in [0.717, 1.165) is 68.7 Å². The van der Waals surface area contributed by atoms with E-state index in [9.17, 15) is 18.8 Å². The number of alkyl halides is 1. The minimum Gasteiger partial charge on any atom is -0.460 e. The SMILES string of the molecule is CCOC(=O)c1cc2cc(CC(=O)[C@@H]3[C@H](C4CCC(OC)CC4)CCN3C(=O)C3CCC(C(C)CF)CC3)ccc2o1. The number of hydrogen-bond donors (Lipinski definition) is 0. The summed E-state index contributed by atoms with van der Waals surface area (Å²) in [6.45, 7) is 4.28. The number of hydrogen-bond acceptors (Lipinski definition) is 6. The summed E-state index contributed by atoms with van der Waals surface area (Å²) in [7, 11) is 1.77. The third-order valence-electron chi connectivity index (χ3n) is 10.3. The molecule has 1 aromatic carbocycles. The smallest absolute Gasteiger partial charge is 0.374 e. The molecule has 2 heterocycles. The molecular weight excluding hydrogens is 537 g/mol. The number of Topliss-reactive ketones (excluding diaryl/α,β-unsaturated/α-hetero) is 1. The molecule has 0 bridgehead atoms. The molecule has 0 radical (unpaired) electrons. The van der Waals surface area contributed by atoms with Crippen molar-refractivity contribution in [3.63, 3.8) is 0 Å². The number of carbonyl (C=O) groups is 3. The van der Waals surface area contributed by atoms with Crippen LogP contribution in [-0.2, 0) is 25.5 Å². The maximum absolute atomic E-state index is 14.1. The molecule has 230 valence electrons. The summed E-state index contributed by atoms with van der Waals surface area (Å²) in [6.07, 6.45) is 8.64. The van der Waals surface area contributed by atoms with Crippen molar-refractivity contribution < 1.29 is 32.7 Å². The summed E-state index contributed by atoms with van der Waals surface area (Å²) in [5, 5.41) is 0.747. The van der Waals surface area contributed by atoms with Crippen LogP contribution in [0.1, 0.15) is 87.8 Å². The van der Waals surface area contributed by atoms with Gasteiger partial charge in [0.25, 0.3) is 0 Å². The average molecular weight is 584 g/mol. The van der Waals surface area contributed by atoms with E-state index in [4.69, 9.17) is 13.9 Å². The minimum absolute atomic E-state index is 0.0368. The molecule has 0 N–H and O–H groups in total. The van der Waals surface area contributed by atoms with Crippen molar-refractivity contribution in [1.29, 1.82) is 0 Å². The van der Waals surface area contributed by atoms with E-state index in [1.807, 2.05) is 24.0 Å². The molecule has 2 aliphatic carbocycles. The number of ketones is 1. The van der Waals surface area contributed by atoms with E-state index in [-0.39, 0.29) is 61.0 Å². The third kappa shape index (κ3) is 6.58. The molecule has 1 aromatic heterocycles. The number of ether oxygens (including phenoxy) is 2. The Hall–Kier alpha value is -2.74. The fraction of sp³-hybridized carbons (Fsp3) is 0.676. The van der Waals surface area contributed by atoms with Crippen molar-refractivity contribution in [2.24, 2.45) is 29.6 Å². The van der Waals surface area contributed by atoms with E-state index < -0.39 is 12.0 Å². The number of esters is 1. The Morgan fingerprint density at radius 1 is 1.02 bits per heavy atom. The van der Waals surface area contributed by atoms with E-state index in [1.165, 1.54) is 0 Å². The van der Waals surface area contributed by atoms with Gasteiger partial charge < -0.3 is 18.8 Å². The second-order valence-electron chi connectivity index (χ2n) is 12.8. The summed E-state index contributed by atoms with van der Waals surface area (Å²) < 4.78 is 29.6. The average Bonchev–Trinajstić information content (AvgIpc) is 3.65. The Kier molecular flexibility index (Phi) is 10.0. The standard InChI is InChI=1S/C34H46FNO6/c1-4-41-34(39)31-19-26-17-22(5-14-30(26)42-31)18-29(37)32-28(24-10-12-27(40-3)13-11-24)15-16-36(32)33(38)25-8-6-23(7-9-25)21(2)20-35/h5,14,17,19,21,23-25,27-28,32H,4,6-13,15-16,18,20H2,1-3H3/t21?,23?,24?,25?,27?,28-,32-/m0/s1. The Labute approximate surface area is 248 Å². The maximum atomic E-state index is 14.1. The maximum Gasteiger partial charge on any atom is 0.374 e. The minimum atomic E-state index is -0.509. The molecule has 1 saturated heterocycles. The van der Waals surface area contributed by atoms with Crippen molar-refractivity contribution >= 4 is 28.6 Å². The summed E-state index contributed by atoms with van der Waals surface area (Å²) in [5.74, 6) is 0.648. The molecule has 42 heavy (non-hydrogen) atoms. The van der Waals surface area contributed by atoms with Crippen LogP contribution < -0.4 is 0 Å². The molecule has 1 aliphatic heterocycles. The Balaban J connectivity index is 1.33. The molecule has 3 aliphatic rings. The first-order valence-corrected chi connectivity index (χ1v) is 15.9. The highest BCUT2D eigenvalue weighted by Gasteiger charge is 2.47. The van der Waals surface area contributed by atoms with Gasteiger partial charge in [-0.3, -0.25) is 14.0 Å². The molecular formula is C34H46FNO6. The van der Waals surface area contributed by atoms with Crippen LogP contribution in [0.15, 0.2) is 28.7 Å². The molecule has 3 fully saturated rings. The first kappa shape index (κ1) is 30.7. The second kappa shape index (κ2) is 13.7. The van der Waals surface area contributed by atoms with Crippen LogP contribution in [0.25, 0.3) is 11.0 Å². The molecule has 1 amide bonds. The van der Waals surface area contributed by atoms with E-state index >= 15 is 0 Å². The number of likely N-dealkylation sites (tertiary alicyclic amines) is 1. The highest BCUT2D eigenvalue weighted by atomic mass is 19.1. The fourth-order valence-corrected chi connectivity index (χ4v) is 7.83. The van der Waals surface area contributed by atoms with Crippen LogP contribution >= 0.6 is 0 Å². The zero-order valence-electron chi connectivity index (χ0n) is 25.3. The van der Waals surface area contributed by atoms with Gasteiger partial charge in [0, 0.05) is 31.4 Å². The molecule has 3 atom stereocenters. The van der Waals surface area contributed by atoms with Gasteiger partial charge in [0.1, 0.15) is 5.58 Å². The zero-order valence-corrected chi connectivity index (χ0v) is 25.3. The number of amides is 1. The normalized spacial score (nSPS) is 29.0. The number of fused-ring (bicyclic) bond motifs is 1. The Morgan fingerprint density at radius 3 is 2.43 bits per heavy atom. The lowest BCUT2D eigenvalue weighted by atomic mass is 9.74. The first-order valence-electron chi connectivity index (χ1n) is 15.9. The van der Waals surface area contributed by atoms with Crippen LogP contribution in [0.4, 0.5) is 4.39 Å². The van der Waals surface area contributed by atoms with Crippen LogP contribution in [0.2, 0.25) is 0 Å². The molecule has 5 rings (SSSR count). The van der Waals surface area contributed by atoms with Gasteiger partial charge in [-0.25, -0.2) is 4.79 Å². The number of benzene rings is 1. The Bertz CT molecular complexity index is 1240. The number of nitrogens with zero attached hydrogens (tertiary/aromatic N) is 1. The molecule has 1 unspecified atom stereocenters. The largest absolute Gasteiger partial charge is 0.460 e. The third-order valence-corrected chi connectivity index (χ3v) is 10.3.